The summed E-state index contributed by atoms with van der Waals surface area (Å²) in [5, 5.41) is 2.76. The molecule has 1 amide bonds. The van der Waals surface area contributed by atoms with Gasteiger partial charge in [0.05, 0.1) is 11.9 Å². The minimum atomic E-state index is -0.485. The van der Waals surface area contributed by atoms with E-state index >= 15 is 0 Å². The van der Waals surface area contributed by atoms with Gasteiger partial charge < -0.3 is 11.1 Å². The van der Waals surface area contributed by atoms with Gasteiger partial charge in [0.2, 0.25) is 5.91 Å². The molecule has 0 spiro atoms. The maximum Gasteiger partial charge on any atom is 0.226 e. The standard InChI is InChI=1S/C11H17N3O/c1-8-4-9(7-13-6-8)14-10(15)5-11(2,3)12/h4,6-7H,5,12H2,1-3H3,(H,14,15). The van der Waals surface area contributed by atoms with E-state index in [9.17, 15) is 4.79 Å². The first kappa shape index (κ1) is 11.7. The summed E-state index contributed by atoms with van der Waals surface area (Å²) in [5.74, 6) is -0.0881. The third-order valence-corrected chi connectivity index (χ3v) is 1.77. The molecule has 0 saturated heterocycles. The number of amides is 1. The maximum atomic E-state index is 11.5. The van der Waals surface area contributed by atoms with Gasteiger partial charge in [0.25, 0.3) is 0 Å². The molecule has 1 aromatic rings. The molecule has 4 nitrogen and oxygen atoms in total. The number of carbonyl (C=O) groups is 1. The molecule has 0 radical (unpaired) electrons. The van der Waals surface area contributed by atoms with E-state index in [1.807, 2.05) is 26.8 Å². The maximum absolute atomic E-state index is 11.5. The molecule has 4 heteroatoms. The van der Waals surface area contributed by atoms with Gasteiger partial charge in [-0.15, -0.1) is 0 Å². The van der Waals surface area contributed by atoms with Gasteiger partial charge in [-0.3, -0.25) is 9.78 Å². The Balaban J connectivity index is 2.59. The van der Waals surface area contributed by atoms with Crippen LogP contribution in [-0.2, 0) is 4.79 Å². The van der Waals surface area contributed by atoms with Crippen LogP contribution in [0.2, 0.25) is 0 Å². The number of pyridine rings is 1. The Kier molecular flexibility index (Phi) is 3.42. The normalized spacial score (nSPS) is 11.2. The molecule has 0 fully saturated rings. The van der Waals surface area contributed by atoms with Gasteiger partial charge >= 0.3 is 0 Å². The van der Waals surface area contributed by atoms with E-state index in [2.05, 4.69) is 10.3 Å². The molecule has 0 saturated carbocycles. The van der Waals surface area contributed by atoms with Crippen LogP contribution in [0.15, 0.2) is 18.5 Å². The largest absolute Gasteiger partial charge is 0.325 e. The number of rotatable bonds is 3. The summed E-state index contributed by atoms with van der Waals surface area (Å²) >= 11 is 0. The fourth-order valence-corrected chi connectivity index (χ4v) is 1.24. The second-order valence-electron chi connectivity index (χ2n) is 4.46. The second-order valence-corrected chi connectivity index (χ2v) is 4.46. The zero-order chi connectivity index (χ0) is 11.5. The second kappa shape index (κ2) is 4.40. The van der Waals surface area contributed by atoms with E-state index in [0.29, 0.717) is 12.1 Å². The molecule has 1 heterocycles. The molecule has 1 aromatic heterocycles. The Bertz CT molecular complexity index is 355. The average Bonchev–Trinajstić information content (AvgIpc) is 1.99. The van der Waals surface area contributed by atoms with Crippen LogP contribution < -0.4 is 11.1 Å². The summed E-state index contributed by atoms with van der Waals surface area (Å²) in [4.78, 5) is 15.5. The molecule has 0 bridgehead atoms. The first-order valence-corrected chi connectivity index (χ1v) is 4.87. The Morgan fingerprint density at radius 2 is 2.20 bits per heavy atom. The molecule has 0 aliphatic carbocycles. The summed E-state index contributed by atoms with van der Waals surface area (Å²) in [6, 6.07) is 1.87. The number of nitrogens with one attached hydrogen (secondary N) is 1. The molecule has 0 aliphatic rings. The Hall–Kier alpha value is -1.42. The molecule has 0 atom stereocenters. The molecule has 3 N–H and O–H groups in total. The topological polar surface area (TPSA) is 68.0 Å². The minimum Gasteiger partial charge on any atom is -0.325 e. The van der Waals surface area contributed by atoms with Crippen molar-refractivity contribution in [3.05, 3.63) is 24.0 Å². The number of hydrogen-bond donors (Lipinski definition) is 2. The van der Waals surface area contributed by atoms with Crippen molar-refractivity contribution in [1.82, 2.24) is 4.98 Å². The van der Waals surface area contributed by atoms with E-state index in [1.54, 1.807) is 12.4 Å². The van der Waals surface area contributed by atoms with Gasteiger partial charge in [0, 0.05) is 18.2 Å². The fourth-order valence-electron chi connectivity index (χ4n) is 1.24. The van der Waals surface area contributed by atoms with E-state index in [4.69, 9.17) is 5.73 Å². The van der Waals surface area contributed by atoms with Crippen LogP contribution in [-0.4, -0.2) is 16.4 Å². The Labute approximate surface area is 89.9 Å². The van der Waals surface area contributed by atoms with Gasteiger partial charge in [-0.25, -0.2) is 0 Å². The summed E-state index contributed by atoms with van der Waals surface area (Å²) in [6.45, 7) is 5.57. The van der Waals surface area contributed by atoms with Gasteiger partial charge in [0.15, 0.2) is 0 Å². The van der Waals surface area contributed by atoms with Crippen molar-refractivity contribution >= 4 is 11.6 Å². The number of nitrogens with two attached hydrogens (primary N) is 1. The molecule has 0 aromatic carbocycles. The van der Waals surface area contributed by atoms with E-state index in [-0.39, 0.29) is 5.91 Å². The summed E-state index contributed by atoms with van der Waals surface area (Å²) in [6.07, 6.45) is 3.65. The molecular formula is C11H17N3O. The first-order chi connectivity index (χ1) is 6.87. The number of nitrogens with zero attached hydrogens (tertiary/aromatic N) is 1. The zero-order valence-corrected chi connectivity index (χ0v) is 9.37. The van der Waals surface area contributed by atoms with Gasteiger partial charge in [-0.05, 0) is 32.4 Å². The van der Waals surface area contributed by atoms with Crippen LogP contribution in [0.3, 0.4) is 0 Å². The summed E-state index contributed by atoms with van der Waals surface area (Å²) in [5.41, 5.74) is 6.98. The molecule has 82 valence electrons. The van der Waals surface area contributed by atoms with E-state index < -0.39 is 5.54 Å². The molecule has 0 aliphatic heterocycles. The highest BCUT2D eigenvalue weighted by Crippen LogP contribution is 2.10. The number of carbonyl (C=O) groups excluding carboxylic acids is 1. The van der Waals surface area contributed by atoms with Crippen LogP contribution in [0.25, 0.3) is 0 Å². The molecule has 1 rings (SSSR count). The molecular weight excluding hydrogens is 190 g/mol. The summed E-state index contributed by atoms with van der Waals surface area (Å²) < 4.78 is 0. The SMILES string of the molecule is Cc1cncc(NC(=O)CC(C)(C)N)c1. The number of anilines is 1. The van der Waals surface area contributed by atoms with Crippen molar-refractivity contribution in [3.8, 4) is 0 Å². The van der Waals surface area contributed by atoms with Crippen molar-refractivity contribution in [1.29, 1.82) is 0 Å². The van der Waals surface area contributed by atoms with Gasteiger partial charge in [-0.1, -0.05) is 0 Å². The molecule has 0 unspecified atom stereocenters. The minimum absolute atomic E-state index is 0.0881. The predicted octanol–water partition coefficient (Wildman–Crippen LogP) is 1.46. The lowest BCUT2D eigenvalue weighted by Crippen LogP contribution is -2.36. The smallest absolute Gasteiger partial charge is 0.226 e. The van der Waals surface area contributed by atoms with Crippen molar-refractivity contribution in [2.75, 3.05) is 5.32 Å². The van der Waals surface area contributed by atoms with Crippen LogP contribution in [0.5, 0.6) is 0 Å². The number of hydrogen-bond acceptors (Lipinski definition) is 3. The van der Waals surface area contributed by atoms with E-state index in [0.717, 1.165) is 5.56 Å². The van der Waals surface area contributed by atoms with Gasteiger partial charge in [-0.2, -0.15) is 0 Å². The lowest BCUT2D eigenvalue weighted by Gasteiger charge is -2.17. The van der Waals surface area contributed by atoms with Crippen LogP contribution >= 0.6 is 0 Å². The lowest BCUT2D eigenvalue weighted by atomic mass is 10.0. The van der Waals surface area contributed by atoms with Crippen molar-refractivity contribution in [3.63, 3.8) is 0 Å². The first-order valence-electron chi connectivity index (χ1n) is 4.87. The Morgan fingerprint density at radius 3 is 2.73 bits per heavy atom. The van der Waals surface area contributed by atoms with Crippen molar-refractivity contribution in [2.45, 2.75) is 32.7 Å². The average molecular weight is 207 g/mol. The van der Waals surface area contributed by atoms with Crippen molar-refractivity contribution in [2.24, 2.45) is 5.73 Å². The Morgan fingerprint density at radius 1 is 1.53 bits per heavy atom. The van der Waals surface area contributed by atoms with Crippen molar-refractivity contribution < 1.29 is 4.79 Å². The highest BCUT2D eigenvalue weighted by molar-refractivity contribution is 5.91. The highest BCUT2D eigenvalue weighted by atomic mass is 16.1. The van der Waals surface area contributed by atoms with Crippen LogP contribution in [0.4, 0.5) is 5.69 Å². The monoisotopic (exact) mass is 207 g/mol. The number of aromatic nitrogens is 1. The fraction of sp³-hybridized carbons (Fsp3) is 0.455. The molecule has 15 heavy (non-hydrogen) atoms. The lowest BCUT2D eigenvalue weighted by molar-refractivity contribution is -0.117. The van der Waals surface area contributed by atoms with Gasteiger partial charge in [0.1, 0.15) is 0 Å². The van der Waals surface area contributed by atoms with Crippen LogP contribution in [0, 0.1) is 6.92 Å². The highest BCUT2D eigenvalue weighted by Gasteiger charge is 2.16. The predicted molar refractivity (Wildman–Crippen MR) is 60.5 cm³/mol. The quantitative estimate of drug-likeness (QED) is 0.788. The zero-order valence-electron chi connectivity index (χ0n) is 9.37. The summed E-state index contributed by atoms with van der Waals surface area (Å²) in [7, 11) is 0. The third kappa shape index (κ3) is 4.56. The van der Waals surface area contributed by atoms with Crippen LogP contribution in [0.1, 0.15) is 25.8 Å². The number of aryl methyl sites for hydroxylation is 1. The third-order valence-electron chi connectivity index (χ3n) is 1.77. The van der Waals surface area contributed by atoms with E-state index in [1.165, 1.54) is 0 Å².